The molecule has 0 unspecified atom stereocenters. The van der Waals surface area contributed by atoms with Crippen LogP contribution in [-0.4, -0.2) is 20.2 Å². The molecule has 0 aliphatic heterocycles. The fourth-order valence-corrected chi connectivity index (χ4v) is 2.53. The van der Waals surface area contributed by atoms with Gasteiger partial charge in [0.05, 0.1) is 11.2 Å². The van der Waals surface area contributed by atoms with Gasteiger partial charge in [0.15, 0.2) is 5.69 Å². The van der Waals surface area contributed by atoms with Gasteiger partial charge in [-0.3, -0.25) is 0 Å². The van der Waals surface area contributed by atoms with Crippen molar-refractivity contribution < 1.29 is 9.90 Å². The maximum absolute atomic E-state index is 11.6. The largest absolute Gasteiger partial charge is 0.477 e. The first-order valence-electron chi connectivity index (χ1n) is 6.05. The molecule has 0 aliphatic rings. The molecule has 1 aromatic carbocycles. The number of hydrogen-bond donors (Lipinski definition) is 1. The Hall–Kier alpha value is -2.49. The van der Waals surface area contributed by atoms with E-state index in [-0.39, 0.29) is 0 Å². The first-order chi connectivity index (χ1) is 9.09. The topological polar surface area (TPSA) is 47.2 Å². The number of aryl methyl sites for hydroxylation is 2. The summed E-state index contributed by atoms with van der Waals surface area (Å²) < 4.78 is 3.58. The standard InChI is InChI=1S/C15H14N2O2/c1-10-5-6-12-11(9-10)13(17-7-3-4-8-17)14(15(18)19)16(12)2/h3-9H,1-2H3,(H,18,19). The van der Waals surface area contributed by atoms with Crippen molar-refractivity contribution in [2.75, 3.05) is 0 Å². The Balaban J connectivity index is 2.49. The Kier molecular flexibility index (Phi) is 2.45. The van der Waals surface area contributed by atoms with Crippen molar-refractivity contribution in [1.82, 2.24) is 9.13 Å². The van der Waals surface area contributed by atoms with E-state index in [1.807, 2.05) is 54.2 Å². The highest BCUT2D eigenvalue weighted by Crippen LogP contribution is 2.29. The molecule has 4 heteroatoms. The molecular weight excluding hydrogens is 240 g/mol. The molecule has 0 radical (unpaired) electrons. The molecule has 0 saturated carbocycles. The van der Waals surface area contributed by atoms with Gasteiger partial charge in [-0.2, -0.15) is 0 Å². The molecule has 0 bridgehead atoms. The Morgan fingerprint density at radius 3 is 2.53 bits per heavy atom. The number of fused-ring (bicyclic) bond motifs is 1. The Bertz CT molecular complexity index is 767. The van der Waals surface area contributed by atoms with Crippen LogP contribution in [0.25, 0.3) is 16.6 Å². The molecule has 0 spiro atoms. The number of aromatic nitrogens is 2. The Morgan fingerprint density at radius 2 is 1.89 bits per heavy atom. The van der Waals surface area contributed by atoms with E-state index in [0.29, 0.717) is 5.69 Å². The van der Waals surface area contributed by atoms with Crippen LogP contribution in [0.2, 0.25) is 0 Å². The zero-order valence-electron chi connectivity index (χ0n) is 10.8. The van der Waals surface area contributed by atoms with Gasteiger partial charge in [-0.1, -0.05) is 11.6 Å². The Labute approximate surface area is 110 Å². The monoisotopic (exact) mass is 254 g/mol. The molecular formula is C15H14N2O2. The van der Waals surface area contributed by atoms with Crippen LogP contribution in [0.3, 0.4) is 0 Å². The first kappa shape index (κ1) is 11.6. The second kappa shape index (κ2) is 4.02. The van der Waals surface area contributed by atoms with Crippen molar-refractivity contribution in [3.8, 4) is 5.69 Å². The maximum atomic E-state index is 11.6. The SMILES string of the molecule is Cc1ccc2c(c1)c(-n1cccc1)c(C(=O)O)n2C. The number of benzene rings is 1. The first-order valence-corrected chi connectivity index (χ1v) is 6.05. The van der Waals surface area contributed by atoms with Crippen molar-refractivity contribution in [3.63, 3.8) is 0 Å². The minimum atomic E-state index is -0.917. The molecule has 1 N–H and O–H groups in total. The van der Waals surface area contributed by atoms with Gasteiger partial charge in [0, 0.05) is 24.8 Å². The van der Waals surface area contributed by atoms with Crippen LogP contribution in [0.1, 0.15) is 16.1 Å². The number of carboxylic acids is 1. The molecule has 0 saturated heterocycles. The van der Waals surface area contributed by atoms with E-state index >= 15 is 0 Å². The summed E-state index contributed by atoms with van der Waals surface area (Å²) in [6.45, 7) is 2.01. The summed E-state index contributed by atoms with van der Waals surface area (Å²) in [5.41, 5.74) is 3.06. The lowest BCUT2D eigenvalue weighted by molar-refractivity contribution is 0.0687. The second-order valence-corrected chi connectivity index (χ2v) is 4.67. The summed E-state index contributed by atoms with van der Waals surface area (Å²) in [7, 11) is 1.79. The number of carboxylic acid groups (broad SMARTS) is 1. The van der Waals surface area contributed by atoms with E-state index < -0.39 is 5.97 Å². The highest BCUT2D eigenvalue weighted by Gasteiger charge is 2.21. The molecule has 3 rings (SSSR count). The number of aromatic carboxylic acids is 1. The summed E-state index contributed by atoms with van der Waals surface area (Å²) in [6.07, 6.45) is 3.73. The third kappa shape index (κ3) is 1.64. The van der Waals surface area contributed by atoms with Gasteiger partial charge in [-0.05, 0) is 31.2 Å². The van der Waals surface area contributed by atoms with E-state index in [0.717, 1.165) is 22.2 Å². The smallest absolute Gasteiger partial charge is 0.354 e. The van der Waals surface area contributed by atoms with Crippen molar-refractivity contribution in [2.45, 2.75) is 6.92 Å². The molecule has 96 valence electrons. The summed E-state index contributed by atoms with van der Waals surface area (Å²) in [4.78, 5) is 11.6. The van der Waals surface area contributed by atoms with E-state index in [1.165, 1.54) is 0 Å². The van der Waals surface area contributed by atoms with Crippen LogP contribution >= 0.6 is 0 Å². The summed E-state index contributed by atoms with van der Waals surface area (Å²) >= 11 is 0. The van der Waals surface area contributed by atoms with E-state index in [1.54, 1.807) is 11.6 Å². The lowest BCUT2D eigenvalue weighted by Gasteiger charge is -2.04. The van der Waals surface area contributed by atoms with Gasteiger partial charge < -0.3 is 14.2 Å². The van der Waals surface area contributed by atoms with Crippen LogP contribution in [0, 0.1) is 6.92 Å². The molecule has 3 aromatic rings. The number of nitrogens with zero attached hydrogens (tertiary/aromatic N) is 2. The average molecular weight is 254 g/mol. The van der Waals surface area contributed by atoms with Crippen molar-refractivity contribution in [3.05, 3.63) is 54.0 Å². The zero-order chi connectivity index (χ0) is 13.6. The minimum Gasteiger partial charge on any atom is -0.477 e. The van der Waals surface area contributed by atoms with Crippen molar-refractivity contribution >= 4 is 16.9 Å². The molecule has 0 atom stereocenters. The fourth-order valence-electron chi connectivity index (χ4n) is 2.53. The summed E-state index contributed by atoms with van der Waals surface area (Å²) in [6, 6.07) is 9.76. The predicted molar refractivity (Wildman–Crippen MR) is 73.9 cm³/mol. The number of hydrogen-bond acceptors (Lipinski definition) is 1. The lowest BCUT2D eigenvalue weighted by Crippen LogP contribution is -2.08. The molecule has 19 heavy (non-hydrogen) atoms. The van der Waals surface area contributed by atoms with E-state index in [2.05, 4.69) is 0 Å². The molecule has 2 aromatic heterocycles. The zero-order valence-corrected chi connectivity index (χ0v) is 10.8. The summed E-state index contributed by atoms with van der Waals surface area (Å²) in [5, 5.41) is 10.4. The fraction of sp³-hybridized carbons (Fsp3) is 0.133. The second-order valence-electron chi connectivity index (χ2n) is 4.67. The van der Waals surface area contributed by atoms with Gasteiger partial charge in [-0.15, -0.1) is 0 Å². The normalized spacial score (nSPS) is 11.1. The van der Waals surface area contributed by atoms with Gasteiger partial charge in [0.25, 0.3) is 0 Å². The van der Waals surface area contributed by atoms with Gasteiger partial charge in [-0.25, -0.2) is 4.79 Å². The van der Waals surface area contributed by atoms with Gasteiger partial charge in [0.2, 0.25) is 0 Å². The molecule has 2 heterocycles. The van der Waals surface area contributed by atoms with Gasteiger partial charge in [0.1, 0.15) is 0 Å². The molecule has 0 aliphatic carbocycles. The van der Waals surface area contributed by atoms with Crippen molar-refractivity contribution in [2.24, 2.45) is 7.05 Å². The van der Waals surface area contributed by atoms with Crippen molar-refractivity contribution in [1.29, 1.82) is 0 Å². The third-order valence-corrected chi connectivity index (χ3v) is 3.39. The van der Waals surface area contributed by atoms with Crippen LogP contribution in [0.15, 0.2) is 42.7 Å². The number of carbonyl (C=O) groups is 1. The predicted octanol–water partition coefficient (Wildman–Crippen LogP) is 2.98. The van der Waals surface area contributed by atoms with Crippen LogP contribution in [0.4, 0.5) is 0 Å². The van der Waals surface area contributed by atoms with Crippen LogP contribution < -0.4 is 0 Å². The minimum absolute atomic E-state index is 0.303. The molecule has 4 nitrogen and oxygen atoms in total. The molecule has 0 amide bonds. The van der Waals surface area contributed by atoms with Crippen LogP contribution in [0.5, 0.6) is 0 Å². The maximum Gasteiger partial charge on any atom is 0.354 e. The van der Waals surface area contributed by atoms with Gasteiger partial charge >= 0.3 is 5.97 Å². The lowest BCUT2D eigenvalue weighted by atomic mass is 10.1. The summed E-state index contributed by atoms with van der Waals surface area (Å²) in [5.74, 6) is -0.917. The average Bonchev–Trinajstić information content (AvgIpc) is 2.95. The highest BCUT2D eigenvalue weighted by molar-refractivity contribution is 6.03. The molecule has 0 fully saturated rings. The third-order valence-electron chi connectivity index (χ3n) is 3.39. The van der Waals surface area contributed by atoms with Crippen LogP contribution in [-0.2, 0) is 7.05 Å². The quantitative estimate of drug-likeness (QED) is 0.764. The van der Waals surface area contributed by atoms with E-state index in [9.17, 15) is 9.90 Å². The van der Waals surface area contributed by atoms with E-state index in [4.69, 9.17) is 0 Å². The Morgan fingerprint density at radius 1 is 1.21 bits per heavy atom. The highest BCUT2D eigenvalue weighted by atomic mass is 16.4. The number of rotatable bonds is 2.